The number of hydrogen-bond donors (Lipinski definition) is 0. The van der Waals surface area contributed by atoms with E-state index in [9.17, 15) is 9.59 Å². The van der Waals surface area contributed by atoms with Crippen LogP contribution in [0.1, 0.15) is 39.5 Å². The Morgan fingerprint density at radius 3 is 1.95 bits per heavy atom. The van der Waals surface area contributed by atoms with Crippen LogP contribution < -0.4 is 0 Å². The van der Waals surface area contributed by atoms with Crippen molar-refractivity contribution in [3.05, 3.63) is 24.3 Å². The van der Waals surface area contributed by atoms with Crippen LogP contribution in [0.15, 0.2) is 24.3 Å². The van der Waals surface area contributed by atoms with Gasteiger partial charge in [-0.15, -0.1) is 0 Å². The minimum Gasteiger partial charge on any atom is -0.460 e. The molecule has 0 fully saturated rings. The molecule has 0 heterocycles. The molecule has 0 aliphatic heterocycles. The lowest BCUT2D eigenvalue weighted by molar-refractivity contribution is -0.271. The van der Waals surface area contributed by atoms with E-state index in [0.717, 1.165) is 12.8 Å². The van der Waals surface area contributed by atoms with Crippen LogP contribution in [-0.2, 0) is 24.1 Å². The van der Waals surface area contributed by atoms with Gasteiger partial charge in [-0.25, -0.2) is 9.59 Å². The van der Waals surface area contributed by atoms with Crippen molar-refractivity contribution >= 4 is 11.9 Å². The van der Waals surface area contributed by atoms with Crippen molar-refractivity contribution in [3.63, 3.8) is 0 Å². The normalized spacial score (nSPS) is 9.79. The second kappa shape index (κ2) is 10.3. The van der Waals surface area contributed by atoms with Gasteiger partial charge in [-0.1, -0.05) is 39.8 Å². The maximum atomic E-state index is 11.3. The van der Waals surface area contributed by atoms with Gasteiger partial charge in [0.25, 0.3) is 0 Å². The fraction of sp³-hybridized carbons (Fsp3) is 0.571. The molecule has 0 saturated carbocycles. The van der Waals surface area contributed by atoms with Crippen LogP contribution in [0, 0.1) is 0 Å². The Morgan fingerprint density at radius 1 is 0.895 bits per heavy atom. The summed E-state index contributed by atoms with van der Waals surface area (Å²) in [6.07, 6.45) is 2.81. The van der Waals surface area contributed by atoms with Crippen molar-refractivity contribution in [2.75, 3.05) is 13.2 Å². The predicted octanol–water partition coefficient (Wildman–Crippen LogP) is 2.72. The van der Waals surface area contributed by atoms with E-state index in [4.69, 9.17) is 4.74 Å². The molecule has 0 rings (SSSR count). The minimum absolute atomic E-state index is 0.00903. The zero-order chi connectivity index (χ0) is 14.7. The lowest BCUT2D eigenvalue weighted by Gasteiger charge is -2.07. The zero-order valence-corrected chi connectivity index (χ0v) is 11.7. The van der Waals surface area contributed by atoms with Crippen LogP contribution in [0.3, 0.4) is 0 Å². The van der Waals surface area contributed by atoms with E-state index in [1.807, 2.05) is 13.8 Å². The fourth-order valence-electron chi connectivity index (χ4n) is 1.23. The van der Waals surface area contributed by atoms with Gasteiger partial charge in [-0.2, -0.15) is 4.89 Å². The molecular formula is C14H22O5. The molecule has 0 aromatic heterocycles. The Bertz CT molecular complexity index is 301. The van der Waals surface area contributed by atoms with Gasteiger partial charge in [0.1, 0.15) is 13.2 Å². The molecule has 5 heteroatoms. The third-order valence-corrected chi connectivity index (χ3v) is 2.22. The molecule has 0 radical (unpaired) electrons. The topological polar surface area (TPSA) is 61.8 Å². The Labute approximate surface area is 114 Å². The minimum atomic E-state index is -0.594. The summed E-state index contributed by atoms with van der Waals surface area (Å²) in [5, 5.41) is 0. The molecule has 0 unspecified atom stereocenters. The van der Waals surface area contributed by atoms with Gasteiger partial charge in [0.2, 0.25) is 0 Å². The summed E-state index contributed by atoms with van der Waals surface area (Å²) >= 11 is 0. The van der Waals surface area contributed by atoms with Crippen LogP contribution >= 0.6 is 0 Å². The van der Waals surface area contributed by atoms with E-state index in [1.165, 1.54) is 0 Å². The summed E-state index contributed by atoms with van der Waals surface area (Å²) in [5.74, 6) is -1.05. The number of rotatable bonds is 10. The maximum absolute atomic E-state index is 11.3. The van der Waals surface area contributed by atoms with Crippen molar-refractivity contribution in [1.29, 1.82) is 0 Å². The smallest absolute Gasteiger partial charge is 0.368 e. The number of carbonyl (C=O) groups excluding carboxylic acids is 2. The van der Waals surface area contributed by atoms with E-state index >= 15 is 0 Å². The second-order valence-electron chi connectivity index (χ2n) is 4.04. The molecule has 0 bridgehead atoms. The van der Waals surface area contributed by atoms with Crippen molar-refractivity contribution in [2.24, 2.45) is 0 Å². The molecule has 0 aromatic carbocycles. The first-order valence-corrected chi connectivity index (χ1v) is 6.39. The largest absolute Gasteiger partial charge is 0.460 e. The molecule has 0 N–H and O–H groups in total. The molecule has 108 valence electrons. The van der Waals surface area contributed by atoms with E-state index < -0.39 is 11.9 Å². The highest BCUT2D eigenvalue weighted by molar-refractivity contribution is 5.87. The molecule has 0 aromatic rings. The van der Waals surface area contributed by atoms with Crippen molar-refractivity contribution < 1.29 is 24.1 Å². The van der Waals surface area contributed by atoms with Crippen LogP contribution in [0.4, 0.5) is 0 Å². The standard InChI is InChI=1S/C14H22O5/c1-5-7-11(3)13(15)17-9-10-18-19-14(16)12(4)8-6-2/h3-10H2,1-2H3. The monoisotopic (exact) mass is 270 g/mol. The first-order chi connectivity index (χ1) is 9.02. The lowest BCUT2D eigenvalue weighted by Crippen LogP contribution is -2.14. The van der Waals surface area contributed by atoms with Crippen LogP contribution in [0.5, 0.6) is 0 Å². The third kappa shape index (κ3) is 8.15. The van der Waals surface area contributed by atoms with Gasteiger partial charge in [0.05, 0.1) is 0 Å². The molecule has 0 aliphatic carbocycles. The quantitative estimate of drug-likeness (QED) is 0.201. The highest BCUT2D eigenvalue weighted by atomic mass is 17.2. The van der Waals surface area contributed by atoms with E-state index in [0.29, 0.717) is 24.0 Å². The predicted molar refractivity (Wildman–Crippen MR) is 71.1 cm³/mol. The van der Waals surface area contributed by atoms with Crippen molar-refractivity contribution in [2.45, 2.75) is 39.5 Å². The Hall–Kier alpha value is -1.62. The zero-order valence-electron chi connectivity index (χ0n) is 11.7. The maximum Gasteiger partial charge on any atom is 0.368 e. The Balaban J connectivity index is 3.65. The molecule has 0 atom stereocenters. The van der Waals surface area contributed by atoms with Crippen LogP contribution in [-0.4, -0.2) is 25.2 Å². The molecule has 0 saturated heterocycles. The van der Waals surface area contributed by atoms with Crippen LogP contribution in [0.25, 0.3) is 0 Å². The number of esters is 1. The molecule has 0 amide bonds. The van der Waals surface area contributed by atoms with E-state index in [1.54, 1.807) is 0 Å². The second-order valence-corrected chi connectivity index (χ2v) is 4.04. The summed E-state index contributed by atoms with van der Waals surface area (Å²) in [6.45, 7) is 11.0. The first-order valence-electron chi connectivity index (χ1n) is 6.39. The molecule has 0 spiro atoms. The number of hydrogen-bond acceptors (Lipinski definition) is 5. The summed E-state index contributed by atoms with van der Waals surface area (Å²) in [6, 6.07) is 0. The van der Waals surface area contributed by atoms with Gasteiger partial charge in [0.15, 0.2) is 0 Å². The molecule has 5 nitrogen and oxygen atoms in total. The average Bonchev–Trinajstić information content (AvgIpc) is 2.38. The van der Waals surface area contributed by atoms with Gasteiger partial charge in [0, 0.05) is 11.1 Å². The molecule has 19 heavy (non-hydrogen) atoms. The summed E-state index contributed by atoms with van der Waals surface area (Å²) in [7, 11) is 0. The summed E-state index contributed by atoms with van der Waals surface area (Å²) < 4.78 is 4.87. The third-order valence-electron chi connectivity index (χ3n) is 2.22. The lowest BCUT2D eigenvalue weighted by atomic mass is 10.2. The summed E-state index contributed by atoms with van der Waals surface area (Å²) in [5.41, 5.74) is 0.784. The van der Waals surface area contributed by atoms with Gasteiger partial charge in [-0.05, 0) is 12.8 Å². The Kier molecular flexibility index (Phi) is 9.44. The van der Waals surface area contributed by atoms with Gasteiger partial charge < -0.3 is 4.74 Å². The van der Waals surface area contributed by atoms with Gasteiger partial charge in [-0.3, -0.25) is 4.89 Å². The molecular weight excluding hydrogens is 248 g/mol. The molecule has 0 aliphatic rings. The highest BCUT2D eigenvalue weighted by Crippen LogP contribution is 2.05. The van der Waals surface area contributed by atoms with Crippen molar-refractivity contribution in [3.8, 4) is 0 Å². The SMILES string of the molecule is C=C(CCC)C(=O)OCCOOC(=O)C(=C)CCC. The van der Waals surface area contributed by atoms with E-state index in [2.05, 4.69) is 22.9 Å². The average molecular weight is 270 g/mol. The van der Waals surface area contributed by atoms with Crippen molar-refractivity contribution in [1.82, 2.24) is 0 Å². The summed E-state index contributed by atoms with van der Waals surface area (Å²) in [4.78, 5) is 31.7. The van der Waals surface area contributed by atoms with E-state index in [-0.39, 0.29) is 13.2 Å². The fourth-order valence-corrected chi connectivity index (χ4v) is 1.23. The first kappa shape index (κ1) is 17.4. The Morgan fingerprint density at radius 2 is 1.42 bits per heavy atom. The van der Waals surface area contributed by atoms with Crippen LogP contribution in [0.2, 0.25) is 0 Å². The highest BCUT2D eigenvalue weighted by Gasteiger charge is 2.10. The van der Waals surface area contributed by atoms with Gasteiger partial charge >= 0.3 is 11.9 Å². The number of carbonyl (C=O) groups is 2. The number of ether oxygens (including phenoxy) is 1.